The fourth-order valence-electron chi connectivity index (χ4n) is 1.11. The summed E-state index contributed by atoms with van der Waals surface area (Å²) in [4.78, 5) is 10.4. The molecule has 84 valence electrons. The van der Waals surface area contributed by atoms with E-state index in [2.05, 4.69) is 0 Å². The molecule has 0 aromatic heterocycles. The van der Waals surface area contributed by atoms with E-state index in [-0.39, 0.29) is 22.7 Å². The second-order valence-electron chi connectivity index (χ2n) is 3.15. The molecule has 0 radical (unpaired) electrons. The molecule has 1 aromatic rings. The minimum atomic E-state index is -0.983. The van der Waals surface area contributed by atoms with Gasteiger partial charge in [-0.25, -0.2) is 0 Å². The highest BCUT2D eigenvalue weighted by Crippen LogP contribution is 2.11. The van der Waals surface area contributed by atoms with Gasteiger partial charge in [0.15, 0.2) is 0 Å². The SMILES string of the molecule is Br.NC(CCc1ccc(O)cc1)C(=O)O. The largest absolute Gasteiger partial charge is 0.508 e. The van der Waals surface area contributed by atoms with Crippen LogP contribution in [0.3, 0.4) is 0 Å². The molecule has 0 aliphatic heterocycles. The highest BCUT2D eigenvalue weighted by Gasteiger charge is 2.10. The van der Waals surface area contributed by atoms with E-state index in [1.165, 1.54) is 0 Å². The van der Waals surface area contributed by atoms with Crippen LogP contribution in [-0.2, 0) is 11.2 Å². The number of benzene rings is 1. The maximum absolute atomic E-state index is 10.4. The van der Waals surface area contributed by atoms with Crippen LogP contribution in [-0.4, -0.2) is 22.2 Å². The number of nitrogens with two attached hydrogens (primary N) is 1. The maximum atomic E-state index is 10.4. The third-order valence-electron chi connectivity index (χ3n) is 2.00. The Bertz CT molecular complexity index is 313. The Morgan fingerprint density at radius 3 is 2.33 bits per heavy atom. The Morgan fingerprint density at radius 2 is 1.87 bits per heavy atom. The molecule has 0 aliphatic carbocycles. The summed E-state index contributed by atoms with van der Waals surface area (Å²) in [7, 11) is 0. The zero-order valence-electron chi connectivity index (χ0n) is 8.09. The van der Waals surface area contributed by atoms with Gasteiger partial charge in [0, 0.05) is 0 Å². The summed E-state index contributed by atoms with van der Waals surface area (Å²) in [6.07, 6.45) is 1.01. The number of halogens is 1. The summed E-state index contributed by atoms with van der Waals surface area (Å²) in [6.45, 7) is 0. The van der Waals surface area contributed by atoms with E-state index >= 15 is 0 Å². The molecule has 15 heavy (non-hydrogen) atoms. The first-order chi connectivity index (χ1) is 6.59. The molecule has 0 saturated heterocycles. The first-order valence-electron chi connectivity index (χ1n) is 4.36. The van der Waals surface area contributed by atoms with Crippen molar-refractivity contribution >= 4 is 23.0 Å². The van der Waals surface area contributed by atoms with Gasteiger partial charge < -0.3 is 15.9 Å². The first-order valence-corrected chi connectivity index (χ1v) is 4.36. The molecular weight excluding hydrogens is 262 g/mol. The average Bonchev–Trinajstić information content (AvgIpc) is 2.16. The number of phenolic OH excluding ortho intramolecular Hbond substituents is 1. The highest BCUT2D eigenvalue weighted by atomic mass is 79.9. The number of carboxylic acids is 1. The van der Waals surface area contributed by atoms with Crippen molar-refractivity contribution in [3.05, 3.63) is 29.8 Å². The number of phenols is 1. The lowest BCUT2D eigenvalue weighted by molar-refractivity contribution is -0.138. The van der Waals surface area contributed by atoms with Crippen LogP contribution in [0.1, 0.15) is 12.0 Å². The maximum Gasteiger partial charge on any atom is 0.320 e. The highest BCUT2D eigenvalue weighted by molar-refractivity contribution is 8.93. The molecule has 0 spiro atoms. The number of aromatic hydroxyl groups is 1. The molecule has 1 atom stereocenters. The Morgan fingerprint density at radius 1 is 1.33 bits per heavy atom. The Labute approximate surface area is 98.5 Å². The standard InChI is InChI=1S/C10H13NO3.BrH/c11-9(10(13)14)6-3-7-1-4-8(12)5-2-7;/h1-2,4-5,9,12H,3,6,11H2,(H,13,14);1H. The summed E-state index contributed by atoms with van der Waals surface area (Å²) in [5.74, 6) is -0.778. The van der Waals surface area contributed by atoms with Crippen LogP contribution in [0.25, 0.3) is 0 Å². The molecule has 5 heteroatoms. The van der Waals surface area contributed by atoms with Crippen LogP contribution in [0.4, 0.5) is 0 Å². The van der Waals surface area contributed by atoms with Crippen molar-refractivity contribution in [2.24, 2.45) is 5.73 Å². The first kappa shape index (κ1) is 13.9. The molecule has 0 amide bonds. The molecule has 1 rings (SSSR count). The molecule has 0 saturated carbocycles. The number of hydrogen-bond donors (Lipinski definition) is 3. The molecule has 0 aliphatic rings. The molecule has 1 unspecified atom stereocenters. The van der Waals surface area contributed by atoms with Crippen LogP contribution in [0, 0.1) is 0 Å². The minimum absolute atomic E-state index is 0. The smallest absolute Gasteiger partial charge is 0.320 e. The molecule has 0 heterocycles. The summed E-state index contributed by atoms with van der Waals surface area (Å²) in [6, 6.07) is 5.83. The van der Waals surface area contributed by atoms with Crippen LogP contribution in [0.15, 0.2) is 24.3 Å². The van der Waals surface area contributed by atoms with Gasteiger partial charge >= 0.3 is 5.97 Å². The third-order valence-corrected chi connectivity index (χ3v) is 2.00. The normalized spacial score (nSPS) is 11.5. The van der Waals surface area contributed by atoms with E-state index in [0.717, 1.165) is 5.56 Å². The van der Waals surface area contributed by atoms with Crippen LogP contribution >= 0.6 is 17.0 Å². The number of hydrogen-bond acceptors (Lipinski definition) is 3. The lowest BCUT2D eigenvalue weighted by atomic mass is 10.1. The summed E-state index contributed by atoms with van der Waals surface area (Å²) < 4.78 is 0. The van der Waals surface area contributed by atoms with Crippen molar-refractivity contribution in [2.75, 3.05) is 0 Å². The molecular formula is C10H14BrNO3. The van der Waals surface area contributed by atoms with Gasteiger partial charge in [-0.2, -0.15) is 0 Å². The topological polar surface area (TPSA) is 83.5 Å². The number of carbonyl (C=O) groups is 1. The van der Waals surface area contributed by atoms with Crippen LogP contribution < -0.4 is 5.73 Å². The van der Waals surface area contributed by atoms with E-state index in [4.69, 9.17) is 15.9 Å². The van der Waals surface area contributed by atoms with Crippen LogP contribution in [0.2, 0.25) is 0 Å². The molecule has 4 N–H and O–H groups in total. The number of aliphatic carboxylic acids is 1. The van der Waals surface area contributed by atoms with Gasteiger partial charge in [-0.15, -0.1) is 17.0 Å². The third kappa shape index (κ3) is 4.80. The van der Waals surface area contributed by atoms with Crippen LogP contribution in [0.5, 0.6) is 5.75 Å². The number of carboxylic acid groups (broad SMARTS) is 1. The number of rotatable bonds is 4. The summed E-state index contributed by atoms with van der Waals surface area (Å²) in [5, 5.41) is 17.5. The second kappa shape index (κ2) is 6.42. The van der Waals surface area contributed by atoms with Gasteiger partial charge in [-0.05, 0) is 30.5 Å². The van der Waals surface area contributed by atoms with Crippen molar-refractivity contribution in [3.8, 4) is 5.75 Å². The van der Waals surface area contributed by atoms with E-state index in [0.29, 0.717) is 12.8 Å². The van der Waals surface area contributed by atoms with E-state index in [1.807, 2.05) is 0 Å². The Hall–Kier alpha value is -1.07. The Kier molecular flexibility index (Phi) is 5.96. The van der Waals surface area contributed by atoms with Crippen molar-refractivity contribution in [2.45, 2.75) is 18.9 Å². The van der Waals surface area contributed by atoms with Crippen molar-refractivity contribution in [1.29, 1.82) is 0 Å². The lowest BCUT2D eigenvalue weighted by Crippen LogP contribution is -2.30. The van der Waals surface area contributed by atoms with E-state index < -0.39 is 12.0 Å². The van der Waals surface area contributed by atoms with Crippen molar-refractivity contribution < 1.29 is 15.0 Å². The molecule has 0 bridgehead atoms. The van der Waals surface area contributed by atoms with Gasteiger partial charge in [0.2, 0.25) is 0 Å². The summed E-state index contributed by atoms with van der Waals surface area (Å²) >= 11 is 0. The van der Waals surface area contributed by atoms with Gasteiger partial charge in [-0.3, -0.25) is 4.79 Å². The van der Waals surface area contributed by atoms with Crippen molar-refractivity contribution in [3.63, 3.8) is 0 Å². The summed E-state index contributed by atoms with van der Waals surface area (Å²) in [5.41, 5.74) is 6.32. The molecule has 1 aromatic carbocycles. The zero-order chi connectivity index (χ0) is 10.6. The zero-order valence-corrected chi connectivity index (χ0v) is 9.80. The average molecular weight is 276 g/mol. The van der Waals surface area contributed by atoms with Gasteiger partial charge in [0.05, 0.1) is 0 Å². The predicted molar refractivity (Wildman–Crippen MR) is 62.4 cm³/mol. The van der Waals surface area contributed by atoms with Gasteiger partial charge in [0.25, 0.3) is 0 Å². The monoisotopic (exact) mass is 275 g/mol. The predicted octanol–water partition coefficient (Wildman–Crippen LogP) is 1.31. The van der Waals surface area contributed by atoms with E-state index in [9.17, 15) is 4.79 Å². The fraction of sp³-hybridized carbons (Fsp3) is 0.300. The lowest BCUT2D eigenvalue weighted by Gasteiger charge is -2.05. The second-order valence-corrected chi connectivity index (χ2v) is 3.15. The molecule has 4 nitrogen and oxygen atoms in total. The van der Waals surface area contributed by atoms with Gasteiger partial charge in [-0.1, -0.05) is 12.1 Å². The quantitative estimate of drug-likeness (QED) is 0.774. The van der Waals surface area contributed by atoms with Crippen molar-refractivity contribution in [1.82, 2.24) is 0 Å². The van der Waals surface area contributed by atoms with E-state index in [1.54, 1.807) is 24.3 Å². The minimum Gasteiger partial charge on any atom is -0.508 e. The molecule has 0 fully saturated rings. The Balaban J connectivity index is 0.00000196. The van der Waals surface area contributed by atoms with Gasteiger partial charge in [0.1, 0.15) is 11.8 Å². The number of aryl methyl sites for hydroxylation is 1. The fourth-order valence-corrected chi connectivity index (χ4v) is 1.11.